The number of hydrogen-bond acceptors (Lipinski definition) is 3. The summed E-state index contributed by atoms with van der Waals surface area (Å²) in [7, 11) is -3.44. The number of hydrogen-bond donors (Lipinski definition) is 2. The zero-order valence-electron chi connectivity index (χ0n) is 10.7. The predicted molar refractivity (Wildman–Crippen MR) is 70.4 cm³/mol. The molecule has 0 heterocycles. The van der Waals surface area contributed by atoms with Gasteiger partial charge in [0.2, 0.25) is 10.0 Å². The van der Waals surface area contributed by atoms with Gasteiger partial charge in [-0.3, -0.25) is 0 Å². The molecule has 0 fully saturated rings. The maximum Gasteiger partial charge on any atom is 0.241 e. The van der Waals surface area contributed by atoms with Crippen LogP contribution in [0.25, 0.3) is 0 Å². The number of nitrogens with one attached hydrogen (secondary N) is 1. The van der Waals surface area contributed by atoms with Gasteiger partial charge in [-0.1, -0.05) is 13.8 Å². The number of aryl methyl sites for hydroxylation is 2. The molecule has 4 nitrogen and oxygen atoms in total. The molecule has 1 aromatic rings. The third-order valence-corrected chi connectivity index (χ3v) is 4.16. The van der Waals surface area contributed by atoms with Crippen molar-refractivity contribution in [1.82, 2.24) is 4.72 Å². The highest BCUT2D eigenvalue weighted by Crippen LogP contribution is 2.22. The Morgan fingerprint density at radius 3 is 2.12 bits per heavy atom. The van der Waals surface area contributed by atoms with Crippen LogP contribution in [-0.2, 0) is 10.0 Å². The maximum atomic E-state index is 12.1. The van der Waals surface area contributed by atoms with Crippen LogP contribution in [0.5, 0.6) is 0 Å². The lowest BCUT2D eigenvalue weighted by atomic mass is 10.1. The summed E-state index contributed by atoms with van der Waals surface area (Å²) in [6, 6.07) is 3.36. The predicted octanol–water partition coefficient (Wildman–Crippen LogP) is 1.82. The van der Waals surface area contributed by atoms with Gasteiger partial charge in [-0.25, -0.2) is 13.1 Å². The summed E-state index contributed by atoms with van der Waals surface area (Å²) in [5.74, 6) is 0.277. The average Bonchev–Trinajstić information content (AvgIpc) is 2.12. The van der Waals surface area contributed by atoms with Gasteiger partial charge in [0.15, 0.2) is 0 Å². The van der Waals surface area contributed by atoms with Crippen LogP contribution in [-0.4, -0.2) is 15.0 Å². The molecule has 5 heteroatoms. The first kappa shape index (κ1) is 14.0. The van der Waals surface area contributed by atoms with Crippen LogP contribution in [0, 0.1) is 19.8 Å². The Labute approximate surface area is 103 Å². The molecule has 17 heavy (non-hydrogen) atoms. The highest BCUT2D eigenvalue weighted by atomic mass is 32.2. The van der Waals surface area contributed by atoms with Crippen molar-refractivity contribution in [2.24, 2.45) is 5.92 Å². The van der Waals surface area contributed by atoms with Crippen LogP contribution in [0.3, 0.4) is 0 Å². The van der Waals surface area contributed by atoms with E-state index in [9.17, 15) is 8.42 Å². The van der Waals surface area contributed by atoms with Crippen LogP contribution >= 0.6 is 0 Å². The Hall–Kier alpha value is -1.07. The summed E-state index contributed by atoms with van der Waals surface area (Å²) >= 11 is 0. The number of nitrogen functional groups attached to an aromatic ring is 1. The van der Waals surface area contributed by atoms with Crippen molar-refractivity contribution in [1.29, 1.82) is 0 Å². The summed E-state index contributed by atoms with van der Waals surface area (Å²) in [4.78, 5) is 0.340. The quantitative estimate of drug-likeness (QED) is 0.807. The first-order chi connectivity index (χ1) is 7.74. The second kappa shape index (κ2) is 5.06. The molecule has 0 bridgehead atoms. The summed E-state index contributed by atoms with van der Waals surface area (Å²) < 4.78 is 26.9. The van der Waals surface area contributed by atoms with Crippen molar-refractivity contribution < 1.29 is 8.42 Å². The Morgan fingerprint density at radius 1 is 1.24 bits per heavy atom. The minimum atomic E-state index is -3.44. The van der Waals surface area contributed by atoms with E-state index in [4.69, 9.17) is 5.73 Å². The summed E-state index contributed by atoms with van der Waals surface area (Å²) in [6.07, 6.45) is 0. The highest BCUT2D eigenvalue weighted by Gasteiger charge is 2.19. The van der Waals surface area contributed by atoms with Crippen LogP contribution in [0.1, 0.15) is 25.0 Å². The van der Waals surface area contributed by atoms with E-state index in [1.807, 2.05) is 13.8 Å². The van der Waals surface area contributed by atoms with Crippen molar-refractivity contribution in [3.63, 3.8) is 0 Å². The lowest BCUT2D eigenvalue weighted by Crippen LogP contribution is -2.28. The number of anilines is 1. The molecule has 0 aliphatic heterocycles. The Kier molecular flexibility index (Phi) is 4.16. The van der Waals surface area contributed by atoms with Crippen molar-refractivity contribution >= 4 is 15.7 Å². The van der Waals surface area contributed by atoms with Gasteiger partial charge >= 0.3 is 0 Å². The third kappa shape index (κ3) is 3.44. The van der Waals surface area contributed by atoms with E-state index in [2.05, 4.69) is 4.72 Å². The van der Waals surface area contributed by atoms with Crippen molar-refractivity contribution in [2.45, 2.75) is 32.6 Å². The molecule has 1 aromatic carbocycles. The monoisotopic (exact) mass is 256 g/mol. The van der Waals surface area contributed by atoms with E-state index >= 15 is 0 Å². The number of rotatable bonds is 4. The first-order valence-electron chi connectivity index (χ1n) is 5.60. The molecular weight excluding hydrogens is 236 g/mol. The van der Waals surface area contributed by atoms with E-state index in [0.717, 1.165) is 0 Å². The second-order valence-electron chi connectivity index (χ2n) is 4.73. The zero-order valence-corrected chi connectivity index (χ0v) is 11.6. The fourth-order valence-corrected chi connectivity index (χ4v) is 3.42. The van der Waals surface area contributed by atoms with E-state index in [-0.39, 0.29) is 5.92 Å². The third-order valence-electron chi connectivity index (χ3n) is 2.43. The fraction of sp³-hybridized carbons (Fsp3) is 0.500. The van der Waals surface area contributed by atoms with Gasteiger partial charge in [0.05, 0.1) is 4.90 Å². The van der Waals surface area contributed by atoms with Crippen molar-refractivity contribution in [2.75, 3.05) is 12.3 Å². The molecule has 0 unspecified atom stereocenters. The lowest BCUT2D eigenvalue weighted by Gasteiger charge is -2.14. The first-order valence-corrected chi connectivity index (χ1v) is 7.08. The topological polar surface area (TPSA) is 72.2 Å². The highest BCUT2D eigenvalue weighted by molar-refractivity contribution is 7.89. The van der Waals surface area contributed by atoms with Gasteiger partial charge in [0.1, 0.15) is 0 Å². The summed E-state index contributed by atoms with van der Waals surface area (Å²) in [5, 5.41) is 0. The molecule has 0 saturated carbocycles. The van der Waals surface area contributed by atoms with E-state index in [0.29, 0.717) is 28.3 Å². The van der Waals surface area contributed by atoms with Crippen LogP contribution in [0.2, 0.25) is 0 Å². The van der Waals surface area contributed by atoms with Crippen molar-refractivity contribution in [3.05, 3.63) is 23.3 Å². The molecular formula is C12H20N2O2S. The SMILES string of the molecule is Cc1cc(N)cc(C)c1S(=O)(=O)NCC(C)C. The standard InChI is InChI=1S/C12H20N2O2S/c1-8(2)7-14-17(15,16)12-9(3)5-11(13)6-10(12)4/h5-6,8,14H,7,13H2,1-4H3. The van der Waals surface area contributed by atoms with E-state index < -0.39 is 10.0 Å². The van der Waals surface area contributed by atoms with Crippen LogP contribution < -0.4 is 10.5 Å². The Morgan fingerprint density at radius 2 is 1.71 bits per heavy atom. The Bertz CT molecular complexity index is 484. The largest absolute Gasteiger partial charge is 0.399 e. The number of sulfonamides is 1. The van der Waals surface area contributed by atoms with E-state index in [1.54, 1.807) is 26.0 Å². The van der Waals surface area contributed by atoms with Crippen molar-refractivity contribution in [3.8, 4) is 0 Å². The molecule has 0 aliphatic carbocycles. The fourth-order valence-electron chi connectivity index (χ4n) is 1.76. The molecule has 1 rings (SSSR count). The molecule has 0 spiro atoms. The summed E-state index contributed by atoms with van der Waals surface area (Å²) in [5.41, 5.74) is 7.62. The van der Waals surface area contributed by atoms with Crippen LogP contribution in [0.4, 0.5) is 5.69 Å². The zero-order chi connectivity index (χ0) is 13.2. The van der Waals surface area contributed by atoms with Gasteiger partial charge < -0.3 is 5.73 Å². The number of benzene rings is 1. The molecule has 96 valence electrons. The second-order valence-corrected chi connectivity index (χ2v) is 6.43. The molecule has 0 aromatic heterocycles. The van der Waals surface area contributed by atoms with Gasteiger partial charge in [0, 0.05) is 12.2 Å². The normalized spacial score (nSPS) is 12.1. The molecule has 0 aliphatic rings. The minimum absolute atomic E-state index is 0.277. The molecule has 0 radical (unpaired) electrons. The number of nitrogens with two attached hydrogens (primary N) is 1. The minimum Gasteiger partial charge on any atom is -0.399 e. The van der Waals surface area contributed by atoms with Gasteiger partial charge in [-0.2, -0.15) is 0 Å². The maximum absolute atomic E-state index is 12.1. The molecule has 0 atom stereocenters. The van der Waals surface area contributed by atoms with Crippen LogP contribution in [0.15, 0.2) is 17.0 Å². The van der Waals surface area contributed by atoms with Gasteiger partial charge in [-0.05, 0) is 43.0 Å². The molecule has 0 saturated heterocycles. The Balaban J connectivity index is 3.16. The summed E-state index contributed by atoms with van der Waals surface area (Å²) in [6.45, 7) is 7.88. The lowest BCUT2D eigenvalue weighted by molar-refractivity contribution is 0.559. The smallest absolute Gasteiger partial charge is 0.241 e. The van der Waals surface area contributed by atoms with E-state index in [1.165, 1.54) is 0 Å². The molecule has 0 amide bonds. The molecule has 3 N–H and O–H groups in total. The van der Waals surface area contributed by atoms with Gasteiger partial charge in [0.25, 0.3) is 0 Å². The average molecular weight is 256 g/mol. The van der Waals surface area contributed by atoms with Gasteiger partial charge in [-0.15, -0.1) is 0 Å².